The van der Waals surface area contributed by atoms with Crippen LogP contribution in [0.15, 0.2) is 36.4 Å². The maximum atomic E-state index is 11.5. The molecule has 0 aromatic carbocycles. The van der Waals surface area contributed by atoms with Gasteiger partial charge in [-0.1, -0.05) is 6.07 Å². The van der Waals surface area contributed by atoms with Crippen molar-refractivity contribution < 1.29 is 9.53 Å². The lowest BCUT2D eigenvalue weighted by Gasteiger charge is -2.12. The first-order chi connectivity index (χ1) is 11.1. The third-order valence-corrected chi connectivity index (χ3v) is 3.73. The van der Waals surface area contributed by atoms with E-state index in [1.807, 2.05) is 16.7 Å². The molecule has 122 valence electrons. The van der Waals surface area contributed by atoms with E-state index in [0.717, 1.165) is 11.3 Å². The number of imidazole rings is 1. The number of carbonyl (C=O) groups is 1. The highest BCUT2D eigenvalue weighted by Gasteiger charge is 2.23. The Balaban J connectivity index is 1.70. The third kappa shape index (κ3) is 3.62. The molecule has 4 N–H and O–H groups in total. The summed E-state index contributed by atoms with van der Waals surface area (Å²) in [7, 11) is 0. The minimum atomic E-state index is -0.577. The summed E-state index contributed by atoms with van der Waals surface area (Å²) >= 11 is 0. The van der Waals surface area contributed by atoms with Crippen LogP contribution in [-0.4, -0.2) is 27.0 Å². The van der Waals surface area contributed by atoms with Crippen molar-refractivity contribution in [2.45, 2.75) is 32.2 Å². The smallest absolute Gasteiger partial charge is 0.355 e. The monoisotopic (exact) mass is 315 g/mol. The molecule has 2 aromatic heterocycles. The molecule has 0 saturated heterocycles. The van der Waals surface area contributed by atoms with Gasteiger partial charge < -0.3 is 19.9 Å². The van der Waals surface area contributed by atoms with E-state index in [9.17, 15) is 4.79 Å². The molecular formula is C16H21N5O2. The van der Waals surface area contributed by atoms with Gasteiger partial charge in [-0.05, 0) is 37.3 Å². The summed E-state index contributed by atoms with van der Waals surface area (Å²) in [6, 6.07) is 4.14. The minimum absolute atomic E-state index is 0.0332. The number of hydrogen-bond donors (Lipinski definition) is 2. The van der Waals surface area contributed by atoms with Crippen molar-refractivity contribution in [3.8, 4) is 0 Å². The molecule has 0 spiro atoms. The van der Waals surface area contributed by atoms with E-state index >= 15 is 0 Å². The fourth-order valence-corrected chi connectivity index (χ4v) is 2.47. The van der Waals surface area contributed by atoms with Crippen LogP contribution in [0, 0.1) is 0 Å². The number of nitrogens with two attached hydrogens (primary N) is 2. The van der Waals surface area contributed by atoms with Crippen LogP contribution in [0.3, 0.4) is 0 Å². The molecule has 1 saturated carbocycles. The predicted octanol–water partition coefficient (Wildman–Crippen LogP) is 1.25. The average Bonchev–Trinajstić information content (AvgIpc) is 3.27. The van der Waals surface area contributed by atoms with Crippen LogP contribution < -0.4 is 11.6 Å². The fourth-order valence-electron chi connectivity index (χ4n) is 2.47. The number of ether oxygens (including phenoxy) is 1. The second-order valence-corrected chi connectivity index (χ2v) is 5.71. The van der Waals surface area contributed by atoms with Crippen molar-refractivity contribution >= 4 is 11.6 Å². The highest BCUT2D eigenvalue weighted by molar-refractivity contribution is 5.87. The van der Waals surface area contributed by atoms with Crippen LogP contribution in [0.2, 0.25) is 0 Å². The molecule has 3 rings (SSSR count). The Hall–Kier alpha value is -2.54. The Morgan fingerprint density at radius 3 is 2.96 bits per heavy atom. The topological polar surface area (TPSA) is 98.9 Å². The molecule has 0 unspecified atom stereocenters. The van der Waals surface area contributed by atoms with E-state index in [-0.39, 0.29) is 12.3 Å². The second-order valence-electron chi connectivity index (χ2n) is 5.71. The van der Waals surface area contributed by atoms with Crippen LogP contribution in [-0.2, 0) is 16.1 Å². The number of aromatic nitrogens is 2. The van der Waals surface area contributed by atoms with Crippen LogP contribution in [0.5, 0.6) is 0 Å². The molecule has 2 heterocycles. The summed E-state index contributed by atoms with van der Waals surface area (Å²) in [5.74, 6) is 5.99. The maximum Gasteiger partial charge on any atom is 0.355 e. The Morgan fingerprint density at radius 2 is 2.26 bits per heavy atom. The first-order valence-corrected chi connectivity index (χ1v) is 7.70. The van der Waals surface area contributed by atoms with Crippen LogP contribution in [0.4, 0.5) is 0 Å². The molecule has 0 amide bonds. The molecule has 7 heteroatoms. The van der Waals surface area contributed by atoms with Gasteiger partial charge in [0, 0.05) is 18.6 Å². The number of carbonyl (C=O) groups excluding carboxylic acids is 1. The molecule has 23 heavy (non-hydrogen) atoms. The number of pyridine rings is 1. The van der Waals surface area contributed by atoms with Gasteiger partial charge in [-0.15, -0.1) is 0 Å². The highest BCUT2D eigenvalue weighted by atomic mass is 16.5. The van der Waals surface area contributed by atoms with Crippen LogP contribution >= 0.6 is 0 Å². The first kappa shape index (κ1) is 15.4. The van der Waals surface area contributed by atoms with E-state index < -0.39 is 5.97 Å². The second kappa shape index (κ2) is 6.29. The van der Waals surface area contributed by atoms with E-state index in [1.54, 1.807) is 6.92 Å². The molecule has 0 atom stereocenters. The van der Waals surface area contributed by atoms with Crippen LogP contribution in [0.25, 0.3) is 5.65 Å². The number of nitrogens with zero attached hydrogens (tertiary/aromatic N) is 3. The van der Waals surface area contributed by atoms with Gasteiger partial charge in [0.2, 0.25) is 0 Å². The van der Waals surface area contributed by atoms with Gasteiger partial charge in [0.25, 0.3) is 0 Å². The van der Waals surface area contributed by atoms with Crippen molar-refractivity contribution in [3.63, 3.8) is 0 Å². The van der Waals surface area contributed by atoms with Gasteiger partial charge in [0.15, 0.2) is 0 Å². The molecular weight excluding hydrogens is 294 g/mol. The van der Waals surface area contributed by atoms with E-state index in [2.05, 4.69) is 17.2 Å². The van der Waals surface area contributed by atoms with Crippen molar-refractivity contribution in [1.29, 1.82) is 0 Å². The summed E-state index contributed by atoms with van der Waals surface area (Å²) in [5.41, 5.74) is 8.62. The molecule has 0 aliphatic heterocycles. The Bertz CT molecular complexity index is 748. The van der Waals surface area contributed by atoms with Gasteiger partial charge in [-0.3, -0.25) is 0 Å². The first-order valence-electron chi connectivity index (χ1n) is 7.70. The van der Waals surface area contributed by atoms with E-state index in [1.165, 1.54) is 29.6 Å². The number of hydrogen-bond acceptors (Lipinski definition) is 6. The summed E-state index contributed by atoms with van der Waals surface area (Å²) in [5, 5.41) is 1.33. The largest absolute Gasteiger partial charge is 0.461 e. The number of hydrazine groups is 1. The lowest BCUT2D eigenvalue weighted by Crippen LogP contribution is -2.28. The SMILES string of the molecule is CCOC(=O)/C(N)=C/N(N)Cc1cn2cc(C3CC3)ccc2n1. The van der Waals surface area contributed by atoms with Crippen molar-refractivity contribution in [3.05, 3.63) is 47.7 Å². The summed E-state index contributed by atoms with van der Waals surface area (Å²) in [6.07, 6.45) is 7.95. The molecule has 1 fully saturated rings. The predicted molar refractivity (Wildman–Crippen MR) is 85.8 cm³/mol. The van der Waals surface area contributed by atoms with Crippen molar-refractivity contribution in [2.24, 2.45) is 11.6 Å². The lowest BCUT2D eigenvalue weighted by atomic mass is 10.2. The zero-order valence-corrected chi connectivity index (χ0v) is 13.1. The minimum Gasteiger partial charge on any atom is -0.461 e. The summed E-state index contributed by atoms with van der Waals surface area (Å²) in [6.45, 7) is 2.34. The fraction of sp³-hybridized carbons (Fsp3) is 0.375. The summed E-state index contributed by atoms with van der Waals surface area (Å²) < 4.78 is 6.82. The standard InChI is InChI=1S/C16H21N5O2/c1-2-23-16(22)14(17)10-21(18)9-13-8-20-7-12(11-3-4-11)5-6-15(20)19-13/h5-8,10-11H,2-4,9,17-18H2,1H3/b14-10-. The Labute approximate surface area is 134 Å². The Kier molecular flexibility index (Phi) is 4.20. The Morgan fingerprint density at radius 1 is 1.48 bits per heavy atom. The quantitative estimate of drug-likeness (QED) is 0.360. The van der Waals surface area contributed by atoms with E-state index in [4.69, 9.17) is 16.3 Å². The van der Waals surface area contributed by atoms with E-state index in [0.29, 0.717) is 12.5 Å². The van der Waals surface area contributed by atoms with Gasteiger partial charge in [0.05, 0.1) is 18.8 Å². The van der Waals surface area contributed by atoms with Gasteiger partial charge in [0.1, 0.15) is 11.3 Å². The number of esters is 1. The third-order valence-electron chi connectivity index (χ3n) is 3.73. The van der Waals surface area contributed by atoms with Gasteiger partial charge in [-0.2, -0.15) is 0 Å². The zero-order chi connectivity index (χ0) is 16.4. The molecule has 1 aliphatic rings. The van der Waals surface area contributed by atoms with Crippen molar-refractivity contribution in [2.75, 3.05) is 6.61 Å². The number of rotatable bonds is 6. The van der Waals surface area contributed by atoms with Crippen molar-refractivity contribution in [1.82, 2.24) is 14.4 Å². The van der Waals surface area contributed by atoms with Gasteiger partial charge in [-0.25, -0.2) is 15.6 Å². The molecule has 7 nitrogen and oxygen atoms in total. The maximum absolute atomic E-state index is 11.5. The molecule has 1 aliphatic carbocycles. The molecule has 2 aromatic rings. The highest BCUT2D eigenvalue weighted by Crippen LogP contribution is 2.39. The average molecular weight is 315 g/mol. The molecule has 0 radical (unpaired) electrons. The van der Waals surface area contributed by atoms with Gasteiger partial charge >= 0.3 is 5.97 Å². The lowest BCUT2D eigenvalue weighted by molar-refractivity contribution is -0.138. The zero-order valence-electron chi connectivity index (χ0n) is 13.1. The number of fused-ring (bicyclic) bond motifs is 1. The summed E-state index contributed by atoms with van der Waals surface area (Å²) in [4.78, 5) is 16.0. The van der Waals surface area contributed by atoms with Crippen LogP contribution in [0.1, 0.15) is 36.9 Å². The molecule has 0 bridgehead atoms. The normalized spacial score (nSPS) is 15.0.